The molecule has 0 radical (unpaired) electrons. The van der Waals surface area contributed by atoms with E-state index in [1.165, 1.54) is 20.3 Å². The van der Waals surface area contributed by atoms with Crippen LogP contribution in [-0.4, -0.2) is 24.5 Å². The molecule has 0 atom stereocenters. The molecule has 7 heteroatoms. The zero-order chi connectivity index (χ0) is 18.0. The molecular weight excluding hydrogens is 332 g/mol. The Balaban J connectivity index is 2.13. The summed E-state index contributed by atoms with van der Waals surface area (Å²) in [5, 5.41) is 13.7. The minimum atomic E-state index is -1.01. The molecule has 0 spiro atoms. The number of rotatable bonds is 5. The fourth-order valence-electron chi connectivity index (χ4n) is 2.52. The monoisotopic (exact) mass is 347 g/mol. The van der Waals surface area contributed by atoms with Gasteiger partial charge in [-0.05, 0) is 30.3 Å². The van der Waals surface area contributed by atoms with Crippen LogP contribution in [0, 0.1) is 11.6 Å². The topological polar surface area (TPSA) is 64.7 Å². The fraction of sp³-hybridized carbons (Fsp3) is 0.167. The van der Waals surface area contributed by atoms with Crippen molar-refractivity contribution < 1.29 is 27.9 Å². The molecule has 0 saturated carbocycles. The molecule has 3 aromatic rings. The molecule has 25 heavy (non-hydrogen) atoms. The zero-order valence-corrected chi connectivity index (χ0v) is 13.5. The number of halogens is 2. The summed E-state index contributed by atoms with van der Waals surface area (Å²) in [4.78, 5) is 0. The number of aromatic nitrogens is 1. The van der Waals surface area contributed by atoms with Gasteiger partial charge in [0.15, 0.2) is 17.4 Å². The minimum absolute atomic E-state index is 0.231. The predicted octanol–water partition coefficient (Wildman–Crippen LogP) is 3.80. The molecule has 3 rings (SSSR count). The second-order valence-corrected chi connectivity index (χ2v) is 5.19. The molecule has 130 valence electrons. The first kappa shape index (κ1) is 16.9. The molecule has 0 saturated heterocycles. The Hall–Kier alpha value is -2.93. The van der Waals surface area contributed by atoms with Gasteiger partial charge >= 0.3 is 0 Å². The Morgan fingerprint density at radius 2 is 1.84 bits per heavy atom. The molecule has 0 unspecified atom stereocenters. The van der Waals surface area contributed by atoms with Crippen molar-refractivity contribution in [2.75, 3.05) is 14.2 Å². The minimum Gasteiger partial charge on any atom is -0.497 e. The molecule has 0 amide bonds. The molecule has 0 aliphatic heterocycles. The van der Waals surface area contributed by atoms with Gasteiger partial charge in [0, 0.05) is 11.6 Å². The van der Waals surface area contributed by atoms with Crippen molar-refractivity contribution in [2.24, 2.45) is 0 Å². The fourth-order valence-corrected chi connectivity index (χ4v) is 2.52. The second kappa shape index (κ2) is 6.90. The van der Waals surface area contributed by atoms with Crippen molar-refractivity contribution in [3.8, 4) is 34.1 Å². The van der Waals surface area contributed by atoms with Gasteiger partial charge in [0.1, 0.15) is 17.2 Å². The quantitative estimate of drug-likeness (QED) is 0.761. The van der Waals surface area contributed by atoms with Crippen molar-refractivity contribution in [1.82, 2.24) is 5.16 Å². The maximum absolute atomic E-state index is 13.5. The Morgan fingerprint density at radius 3 is 2.48 bits per heavy atom. The summed E-state index contributed by atoms with van der Waals surface area (Å²) in [5.74, 6) is -0.641. The molecule has 0 aliphatic rings. The average Bonchev–Trinajstić information content (AvgIpc) is 3.07. The summed E-state index contributed by atoms with van der Waals surface area (Å²) >= 11 is 0. The summed E-state index contributed by atoms with van der Waals surface area (Å²) in [6, 6.07) is 8.43. The van der Waals surface area contributed by atoms with Gasteiger partial charge in [0.2, 0.25) is 0 Å². The van der Waals surface area contributed by atoms with Crippen LogP contribution in [0.5, 0.6) is 11.5 Å². The van der Waals surface area contributed by atoms with Gasteiger partial charge in [-0.3, -0.25) is 0 Å². The number of methoxy groups -OCH3 is 2. The summed E-state index contributed by atoms with van der Waals surface area (Å²) in [7, 11) is 3.02. The van der Waals surface area contributed by atoms with Crippen LogP contribution in [0.25, 0.3) is 22.6 Å². The standard InChI is InChI=1S/C18H15F2NO4/c1-23-11-4-5-12(16(8-11)24-2)18-13(9-22)17(21-25-18)10-3-6-14(19)15(20)7-10/h3-8,22H,9H2,1-2H3. The van der Waals surface area contributed by atoms with E-state index in [9.17, 15) is 13.9 Å². The van der Waals surface area contributed by atoms with Crippen LogP contribution in [0.4, 0.5) is 8.78 Å². The van der Waals surface area contributed by atoms with Gasteiger partial charge in [-0.2, -0.15) is 0 Å². The van der Waals surface area contributed by atoms with Crippen molar-refractivity contribution in [3.05, 3.63) is 53.6 Å². The number of nitrogens with zero attached hydrogens (tertiary/aromatic N) is 1. The van der Waals surface area contributed by atoms with Crippen LogP contribution in [0.15, 0.2) is 40.9 Å². The van der Waals surface area contributed by atoms with E-state index in [0.717, 1.165) is 12.1 Å². The lowest BCUT2D eigenvalue weighted by molar-refractivity contribution is 0.281. The van der Waals surface area contributed by atoms with E-state index in [2.05, 4.69) is 5.16 Å². The lowest BCUT2D eigenvalue weighted by Crippen LogP contribution is -1.94. The Labute approximate surface area is 142 Å². The molecule has 0 bridgehead atoms. The third kappa shape index (κ3) is 3.06. The van der Waals surface area contributed by atoms with E-state index in [-0.39, 0.29) is 11.5 Å². The third-order valence-corrected chi connectivity index (χ3v) is 3.79. The zero-order valence-electron chi connectivity index (χ0n) is 13.5. The molecular formula is C18H15F2NO4. The van der Waals surface area contributed by atoms with Crippen molar-refractivity contribution >= 4 is 0 Å². The Bertz CT molecular complexity index is 908. The maximum atomic E-state index is 13.5. The van der Waals surface area contributed by atoms with Crippen molar-refractivity contribution in [3.63, 3.8) is 0 Å². The van der Waals surface area contributed by atoms with Gasteiger partial charge in [0.05, 0.1) is 32.0 Å². The molecule has 0 aliphatic carbocycles. The molecule has 2 aromatic carbocycles. The number of aliphatic hydroxyl groups is 1. The van der Waals surface area contributed by atoms with Gasteiger partial charge in [-0.1, -0.05) is 5.16 Å². The number of ether oxygens (including phenoxy) is 2. The summed E-state index contributed by atoms with van der Waals surface area (Å²) in [6.07, 6.45) is 0. The highest BCUT2D eigenvalue weighted by atomic mass is 19.2. The normalized spacial score (nSPS) is 10.8. The van der Waals surface area contributed by atoms with E-state index in [1.807, 2.05) is 0 Å². The highest BCUT2D eigenvalue weighted by Gasteiger charge is 2.22. The third-order valence-electron chi connectivity index (χ3n) is 3.79. The number of hydrogen-bond acceptors (Lipinski definition) is 5. The van der Waals surface area contributed by atoms with Gasteiger partial charge < -0.3 is 19.1 Å². The Morgan fingerprint density at radius 1 is 1.04 bits per heavy atom. The molecule has 1 N–H and O–H groups in total. The van der Waals surface area contributed by atoms with Gasteiger partial charge in [-0.25, -0.2) is 8.78 Å². The summed E-state index contributed by atoms with van der Waals surface area (Å²) < 4.78 is 42.5. The Kier molecular flexibility index (Phi) is 4.67. The SMILES string of the molecule is COc1ccc(-c2onc(-c3ccc(F)c(F)c3)c2CO)c(OC)c1. The van der Waals surface area contributed by atoms with Crippen LogP contribution in [0.2, 0.25) is 0 Å². The smallest absolute Gasteiger partial charge is 0.176 e. The van der Waals surface area contributed by atoms with E-state index < -0.39 is 18.2 Å². The van der Waals surface area contributed by atoms with Crippen molar-refractivity contribution in [2.45, 2.75) is 6.61 Å². The lowest BCUT2D eigenvalue weighted by atomic mass is 10.0. The molecule has 0 fully saturated rings. The molecule has 1 aromatic heterocycles. The van der Waals surface area contributed by atoms with E-state index in [0.29, 0.717) is 28.2 Å². The van der Waals surface area contributed by atoms with E-state index in [4.69, 9.17) is 14.0 Å². The van der Waals surface area contributed by atoms with E-state index >= 15 is 0 Å². The van der Waals surface area contributed by atoms with Crippen molar-refractivity contribution in [1.29, 1.82) is 0 Å². The van der Waals surface area contributed by atoms with Crippen LogP contribution in [0.3, 0.4) is 0 Å². The molecule has 5 nitrogen and oxygen atoms in total. The van der Waals surface area contributed by atoms with Gasteiger partial charge in [-0.15, -0.1) is 0 Å². The highest BCUT2D eigenvalue weighted by molar-refractivity contribution is 5.76. The largest absolute Gasteiger partial charge is 0.497 e. The summed E-state index contributed by atoms with van der Waals surface area (Å²) in [5.41, 5.74) is 1.42. The first-order chi connectivity index (χ1) is 12.1. The number of hydrogen-bond donors (Lipinski definition) is 1. The summed E-state index contributed by atoms with van der Waals surface area (Å²) in [6.45, 7) is -0.400. The van der Waals surface area contributed by atoms with Crippen LogP contribution < -0.4 is 9.47 Å². The number of aliphatic hydroxyl groups excluding tert-OH is 1. The number of benzene rings is 2. The van der Waals surface area contributed by atoms with Crippen LogP contribution in [0.1, 0.15) is 5.56 Å². The maximum Gasteiger partial charge on any atom is 0.176 e. The first-order valence-corrected chi connectivity index (χ1v) is 7.36. The first-order valence-electron chi connectivity index (χ1n) is 7.36. The van der Waals surface area contributed by atoms with E-state index in [1.54, 1.807) is 18.2 Å². The van der Waals surface area contributed by atoms with Crippen LogP contribution in [-0.2, 0) is 6.61 Å². The lowest BCUT2D eigenvalue weighted by Gasteiger charge is -2.09. The predicted molar refractivity (Wildman–Crippen MR) is 86.3 cm³/mol. The molecule has 1 heterocycles. The average molecular weight is 347 g/mol. The highest BCUT2D eigenvalue weighted by Crippen LogP contribution is 2.38. The second-order valence-electron chi connectivity index (χ2n) is 5.19. The van der Waals surface area contributed by atoms with Gasteiger partial charge in [0.25, 0.3) is 0 Å². The van der Waals surface area contributed by atoms with Crippen LogP contribution >= 0.6 is 0 Å².